The lowest BCUT2D eigenvalue weighted by Crippen LogP contribution is -2.57. The Labute approximate surface area is 236 Å². The Bertz CT molecular complexity index is 1420. The minimum Gasteiger partial charge on any atom is -0.480 e. The number of carbonyl (C=O) groups excluding carboxylic acids is 4. The van der Waals surface area contributed by atoms with Crippen LogP contribution in [0.4, 0.5) is 0 Å². The predicted octanol–water partition coefficient (Wildman–Crippen LogP) is 0.201. The van der Waals surface area contributed by atoms with E-state index in [-0.39, 0.29) is 25.8 Å². The fraction of sp³-hybridized carbons (Fsp3) is 0.345. The molecule has 0 radical (unpaired) electrons. The summed E-state index contributed by atoms with van der Waals surface area (Å²) in [6.45, 7) is 0.265. The maximum absolute atomic E-state index is 13.6. The number of carbonyl (C=O) groups is 5. The largest absolute Gasteiger partial charge is 0.480 e. The van der Waals surface area contributed by atoms with Gasteiger partial charge >= 0.3 is 5.97 Å². The number of para-hydroxylation sites is 1. The molecule has 4 amide bonds. The molecule has 4 unspecified atom stereocenters. The fourth-order valence-corrected chi connectivity index (χ4v) is 5.14. The number of primary amides is 1. The van der Waals surface area contributed by atoms with Crippen LogP contribution in [0.1, 0.15) is 30.4 Å². The van der Waals surface area contributed by atoms with Gasteiger partial charge < -0.3 is 37.1 Å². The number of amides is 4. The first-order valence-electron chi connectivity index (χ1n) is 13.4. The fourth-order valence-electron chi connectivity index (χ4n) is 5.14. The van der Waals surface area contributed by atoms with E-state index < -0.39 is 53.8 Å². The van der Waals surface area contributed by atoms with Gasteiger partial charge in [0.2, 0.25) is 23.6 Å². The zero-order valence-electron chi connectivity index (χ0n) is 22.4. The molecule has 1 aromatic heterocycles. The van der Waals surface area contributed by atoms with Gasteiger partial charge in [0.15, 0.2) is 0 Å². The van der Waals surface area contributed by atoms with Crippen LogP contribution in [0.3, 0.4) is 0 Å². The highest BCUT2D eigenvalue weighted by Gasteiger charge is 2.38. The van der Waals surface area contributed by atoms with E-state index in [1.807, 2.05) is 30.3 Å². The van der Waals surface area contributed by atoms with Gasteiger partial charge in [-0.25, -0.2) is 4.79 Å². The molecule has 2 aromatic carbocycles. The molecule has 0 saturated carbocycles. The number of nitrogens with two attached hydrogens (primary N) is 2. The first-order chi connectivity index (χ1) is 19.6. The van der Waals surface area contributed by atoms with Crippen LogP contribution in [0, 0.1) is 0 Å². The second-order valence-electron chi connectivity index (χ2n) is 10.2. The Balaban J connectivity index is 1.55. The number of nitrogens with zero attached hydrogens (tertiary/aromatic N) is 1. The zero-order chi connectivity index (χ0) is 29.5. The SMILES string of the molecule is NC(=O)CC(N)C(=O)N1CCCC1C(=O)NC(Cc1c[nH]c2ccccc12)C(=O)NC(Cc1ccccc1)C(=O)O. The molecule has 2 heterocycles. The minimum absolute atomic E-state index is 0.0539. The number of aromatic nitrogens is 1. The van der Waals surface area contributed by atoms with Crippen molar-refractivity contribution in [2.75, 3.05) is 6.54 Å². The lowest BCUT2D eigenvalue weighted by Gasteiger charge is -2.28. The Kier molecular flexibility index (Phi) is 9.35. The number of likely N-dealkylation sites (tertiary alicyclic amines) is 1. The lowest BCUT2D eigenvalue weighted by atomic mass is 10.0. The highest BCUT2D eigenvalue weighted by molar-refractivity contribution is 5.96. The second-order valence-corrected chi connectivity index (χ2v) is 10.2. The summed E-state index contributed by atoms with van der Waals surface area (Å²) in [7, 11) is 0. The smallest absolute Gasteiger partial charge is 0.326 e. The van der Waals surface area contributed by atoms with Gasteiger partial charge in [-0.05, 0) is 30.0 Å². The third kappa shape index (κ3) is 7.28. The predicted molar refractivity (Wildman–Crippen MR) is 150 cm³/mol. The van der Waals surface area contributed by atoms with E-state index in [1.54, 1.807) is 30.5 Å². The third-order valence-electron chi connectivity index (χ3n) is 7.21. The number of carboxylic acid groups (broad SMARTS) is 1. The maximum atomic E-state index is 13.6. The van der Waals surface area contributed by atoms with Crippen molar-refractivity contribution in [3.05, 3.63) is 71.9 Å². The van der Waals surface area contributed by atoms with Gasteiger partial charge in [0.25, 0.3) is 0 Å². The number of rotatable bonds is 12. The van der Waals surface area contributed by atoms with Gasteiger partial charge in [-0.2, -0.15) is 0 Å². The Hall–Kier alpha value is -4.71. The zero-order valence-corrected chi connectivity index (χ0v) is 22.4. The van der Waals surface area contributed by atoms with Gasteiger partial charge in [-0.3, -0.25) is 19.2 Å². The highest BCUT2D eigenvalue weighted by atomic mass is 16.4. The van der Waals surface area contributed by atoms with E-state index in [1.165, 1.54) is 4.90 Å². The number of hydrogen-bond donors (Lipinski definition) is 6. The van der Waals surface area contributed by atoms with Gasteiger partial charge in [0.1, 0.15) is 18.1 Å². The van der Waals surface area contributed by atoms with E-state index >= 15 is 0 Å². The molecule has 0 spiro atoms. The molecule has 1 aliphatic heterocycles. The van der Waals surface area contributed by atoms with E-state index in [9.17, 15) is 29.1 Å². The summed E-state index contributed by atoms with van der Waals surface area (Å²) in [5.74, 6) is -3.77. The van der Waals surface area contributed by atoms with Crippen molar-refractivity contribution in [2.24, 2.45) is 11.5 Å². The van der Waals surface area contributed by atoms with Crippen LogP contribution >= 0.6 is 0 Å². The number of fused-ring (bicyclic) bond motifs is 1. The first kappa shape index (κ1) is 29.3. The summed E-state index contributed by atoms with van der Waals surface area (Å²) in [4.78, 5) is 67.7. The first-order valence-corrected chi connectivity index (χ1v) is 13.4. The van der Waals surface area contributed by atoms with Crippen LogP contribution in [0.25, 0.3) is 10.9 Å². The third-order valence-corrected chi connectivity index (χ3v) is 7.21. The molecule has 1 saturated heterocycles. The van der Waals surface area contributed by atoms with Crippen molar-refractivity contribution < 1.29 is 29.1 Å². The Morgan fingerprint density at radius 3 is 2.39 bits per heavy atom. The molecule has 0 aliphatic carbocycles. The molecule has 4 atom stereocenters. The van der Waals surface area contributed by atoms with E-state index in [0.29, 0.717) is 12.8 Å². The molecule has 8 N–H and O–H groups in total. The van der Waals surface area contributed by atoms with E-state index in [4.69, 9.17) is 11.5 Å². The molecular weight excluding hydrogens is 528 g/mol. The summed E-state index contributed by atoms with van der Waals surface area (Å²) in [5, 5.41) is 16.0. The Morgan fingerprint density at radius 2 is 1.68 bits per heavy atom. The number of carboxylic acids is 1. The summed E-state index contributed by atoms with van der Waals surface area (Å²) < 4.78 is 0. The molecule has 1 aliphatic rings. The molecule has 12 nitrogen and oxygen atoms in total. The molecular formula is C29H34N6O6. The number of nitrogens with one attached hydrogen (secondary N) is 3. The normalized spacial score (nSPS) is 17.0. The van der Waals surface area contributed by atoms with Crippen LogP contribution < -0.4 is 22.1 Å². The number of aromatic amines is 1. The van der Waals surface area contributed by atoms with Crippen molar-refractivity contribution in [2.45, 2.75) is 56.3 Å². The molecule has 216 valence electrons. The van der Waals surface area contributed by atoms with Gasteiger partial charge in [-0.1, -0.05) is 48.5 Å². The maximum Gasteiger partial charge on any atom is 0.326 e. The van der Waals surface area contributed by atoms with Gasteiger partial charge in [-0.15, -0.1) is 0 Å². The standard InChI is InChI=1S/C29H34N6O6/c30-20(15-25(31)36)28(39)35-12-6-11-24(35)27(38)33-22(14-18-16-32-21-10-5-4-9-19(18)21)26(37)34-23(29(40)41)13-17-7-2-1-3-8-17/h1-5,7-10,16,20,22-24,32H,6,11-15,30H2,(H2,31,36)(H,33,38)(H,34,37)(H,40,41). The van der Waals surface area contributed by atoms with Crippen molar-refractivity contribution in [1.82, 2.24) is 20.5 Å². The van der Waals surface area contributed by atoms with Crippen LogP contribution in [-0.2, 0) is 36.8 Å². The van der Waals surface area contributed by atoms with Crippen LogP contribution in [-0.4, -0.2) is 75.3 Å². The molecule has 3 aromatic rings. The quantitative estimate of drug-likeness (QED) is 0.181. The van der Waals surface area contributed by atoms with Crippen LogP contribution in [0.2, 0.25) is 0 Å². The van der Waals surface area contributed by atoms with Crippen molar-refractivity contribution in [1.29, 1.82) is 0 Å². The lowest BCUT2D eigenvalue weighted by molar-refractivity contribution is -0.143. The van der Waals surface area contributed by atoms with Crippen LogP contribution in [0.15, 0.2) is 60.8 Å². The highest BCUT2D eigenvalue weighted by Crippen LogP contribution is 2.22. The molecule has 41 heavy (non-hydrogen) atoms. The number of hydrogen-bond acceptors (Lipinski definition) is 6. The van der Waals surface area contributed by atoms with Crippen molar-refractivity contribution in [3.63, 3.8) is 0 Å². The second kappa shape index (κ2) is 13.1. The Morgan fingerprint density at radius 1 is 0.976 bits per heavy atom. The average Bonchev–Trinajstić information content (AvgIpc) is 3.60. The summed E-state index contributed by atoms with van der Waals surface area (Å²) in [5.41, 5.74) is 13.4. The van der Waals surface area contributed by atoms with E-state index in [0.717, 1.165) is 22.0 Å². The summed E-state index contributed by atoms with van der Waals surface area (Å²) in [6, 6.07) is 11.9. The number of H-pyrrole nitrogens is 1. The molecule has 1 fully saturated rings. The molecule has 12 heteroatoms. The van der Waals surface area contributed by atoms with Crippen molar-refractivity contribution >= 4 is 40.5 Å². The monoisotopic (exact) mass is 562 g/mol. The summed E-state index contributed by atoms with van der Waals surface area (Å²) in [6.07, 6.45) is 2.38. The van der Waals surface area contributed by atoms with Gasteiger partial charge in [0.05, 0.1) is 12.5 Å². The molecule has 0 bridgehead atoms. The van der Waals surface area contributed by atoms with Gasteiger partial charge in [0, 0.05) is 36.5 Å². The topological polar surface area (TPSA) is 201 Å². The number of aliphatic carboxylic acids is 1. The average molecular weight is 563 g/mol. The van der Waals surface area contributed by atoms with E-state index in [2.05, 4.69) is 15.6 Å². The number of benzene rings is 2. The van der Waals surface area contributed by atoms with Crippen LogP contribution in [0.5, 0.6) is 0 Å². The molecule has 4 rings (SSSR count). The summed E-state index contributed by atoms with van der Waals surface area (Å²) >= 11 is 0. The van der Waals surface area contributed by atoms with Crippen molar-refractivity contribution in [3.8, 4) is 0 Å². The minimum atomic E-state index is -1.23.